The molecule has 0 aromatic rings. The predicted molar refractivity (Wildman–Crippen MR) is 111 cm³/mol. The monoisotopic (exact) mass is 423 g/mol. The van der Waals surface area contributed by atoms with Gasteiger partial charge < -0.3 is 33.0 Å². The summed E-state index contributed by atoms with van der Waals surface area (Å²) >= 11 is 0. The lowest BCUT2D eigenvalue weighted by molar-refractivity contribution is -0.00801. The summed E-state index contributed by atoms with van der Waals surface area (Å²) in [4.78, 5) is 13.3. The van der Waals surface area contributed by atoms with Gasteiger partial charge in [0.15, 0.2) is 8.32 Å². The van der Waals surface area contributed by atoms with E-state index >= 15 is 0 Å². The molecule has 0 fully saturated rings. The van der Waals surface area contributed by atoms with Gasteiger partial charge in [-0.15, -0.1) is 0 Å². The minimum absolute atomic E-state index is 0.350. The second kappa shape index (κ2) is 15.2. The molecule has 0 atom stereocenters. The molecule has 168 valence electrons. The number of amides is 1. The fourth-order valence-electron chi connectivity index (χ4n) is 1.80. The third kappa shape index (κ3) is 20.0. The van der Waals surface area contributed by atoms with E-state index in [4.69, 9.17) is 28.1 Å². The van der Waals surface area contributed by atoms with E-state index < -0.39 is 13.9 Å². The van der Waals surface area contributed by atoms with Crippen LogP contribution in [-0.2, 0) is 28.1 Å². The molecule has 0 N–H and O–H groups in total. The molecule has 0 spiro atoms. The summed E-state index contributed by atoms with van der Waals surface area (Å²) in [5, 5.41) is 0. The molecule has 0 radical (unpaired) electrons. The highest BCUT2D eigenvalue weighted by Gasteiger charge is 2.19. The van der Waals surface area contributed by atoms with Crippen LogP contribution in [-0.4, -0.2) is 98.0 Å². The first kappa shape index (κ1) is 27.3. The molecule has 0 aromatic heterocycles. The van der Waals surface area contributed by atoms with Crippen LogP contribution in [0.15, 0.2) is 0 Å². The van der Waals surface area contributed by atoms with E-state index in [1.54, 1.807) is 7.05 Å². The number of carbonyl (C=O) groups excluding carboxylic acids is 1. The largest absolute Gasteiger partial charge is 0.444 e. The van der Waals surface area contributed by atoms with E-state index in [0.717, 1.165) is 0 Å². The fraction of sp³-hybridized carbons (Fsp3) is 0.947. The number of likely N-dealkylation sites (N-methyl/N-ethyl adjacent to an activating group) is 1. The van der Waals surface area contributed by atoms with Crippen molar-refractivity contribution in [2.45, 2.75) is 46.0 Å². The fourth-order valence-corrected chi connectivity index (χ4v) is 2.50. The molecule has 0 rings (SSSR count). The van der Waals surface area contributed by atoms with E-state index in [9.17, 15) is 4.79 Å². The van der Waals surface area contributed by atoms with Crippen LogP contribution in [0.3, 0.4) is 0 Å². The highest BCUT2D eigenvalue weighted by Crippen LogP contribution is 2.08. The van der Waals surface area contributed by atoms with E-state index in [-0.39, 0.29) is 6.09 Å². The van der Waals surface area contributed by atoms with Crippen LogP contribution in [0.1, 0.15) is 20.8 Å². The third-order valence-electron chi connectivity index (χ3n) is 3.15. The molecule has 28 heavy (non-hydrogen) atoms. The molecule has 0 bridgehead atoms. The first-order chi connectivity index (χ1) is 13.0. The zero-order chi connectivity index (χ0) is 21.5. The zero-order valence-electron chi connectivity index (χ0n) is 18.9. The average Bonchev–Trinajstić information content (AvgIpc) is 2.55. The Morgan fingerprint density at radius 2 is 1.14 bits per heavy atom. The van der Waals surface area contributed by atoms with Crippen LogP contribution in [0, 0.1) is 0 Å². The van der Waals surface area contributed by atoms with Crippen LogP contribution in [0.25, 0.3) is 0 Å². The molecule has 8 nitrogen and oxygen atoms in total. The van der Waals surface area contributed by atoms with Crippen molar-refractivity contribution in [3.05, 3.63) is 0 Å². The molecule has 0 aliphatic heterocycles. The van der Waals surface area contributed by atoms with Gasteiger partial charge in [0.2, 0.25) is 0 Å². The highest BCUT2D eigenvalue weighted by atomic mass is 28.4. The van der Waals surface area contributed by atoms with Gasteiger partial charge in [0, 0.05) is 13.6 Å². The number of rotatable bonds is 16. The van der Waals surface area contributed by atoms with Crippen LogP contribution < -0.4 is 0 Å². The second-order valence-corrected chi connectivity index (χ2v) is 12.8. The first-order valence-corrected chi connectivity index (χ1v) is 13.3. The van der Waals surface area contributed by atoms with Gasteiger partial charge in [-0.3, -0.25) is 0 Å². The minimum Gasteiger partial charge on any atom is -0.444 e. The van der Waals surface area contributed by atoms with E-state index in [1.165, 1.54) is 4.90 Å². The first-order valence-electron chi connectivity index (χ1n) is 9.90. The van der Waals surface area contributed by atoms with Crippen molar-refractivity contribution in [1.82, 2.24) is 4.90 Å². The van der Waals surface area contributed by atoms with Crippen LogP contribution in [0.4, 0.5) is 4.79 Å². The zero-order valence-corrected chi connectivity index (χ0v) is 19.9. The van der Waals surface area contributed by atoms with Crippen LogP contribution in [0.5, 0.6) is 0 Å². The van der Waals surface area contributed by atoms with Gasteiger partial charge in [0.25, 0.3) is 0 Å². The van der Waals surface area contributed by atoms with E-state index in [0.29, 0.717) is 66.0 Å². The lowest BCUT2D eigenvalue weighted by Gasteiger charge is -2.24. The number of carbonyl (C=O) groups is 1. The van der Waals surface area contributed by atoms with Gasteiger partial charge in [0.1, 0.15) is 5.60 Å². The highest BCUT2D eigenvalue weighted by molar-refractivity contribution is 6.69. The van der Waals surface area contributed by atoms with Crippen LogP contribution >= 0.6 is 0 Å². The summed E-state index contributed by atoms with van der Waals surface area (Å²) in [7, 11) is 0.248. The molecular weight excluding hydrogens is 382 g/mol. The lowest BCUT2D eigenvalue weighted by atomic mass is 10.2. The van der Waals surface area contributed by atoms with E-state index in [1.807, 2.05) is 20.8 Å². The maximum atomic E-state index is 11.8. The maximum absolute atomic E-state index is 11.8. The summed E-state index contributed by atoms with van der Waals surface area (Å²) in [6, 6.07) is 0. The van der Waals surface area contributed by atoms with Crippen molar-refractivity contribution >= 4 is 14.4 Å². The molecule has 1 amide bonds. The summed E-state index contributed by atoms with van der Waals surface area (Å²) in [5.74, 6) is 0. The van der Waals surface area contributed by atoms with Crippen molar-refractivity contribution in [2.75, 3.05) is 73.1 Å². The molecule has 0 aliphatic carbocycles. The minimum atomic E-state index is -1.44. The normalized spacial score (nSPS) is 12.2. The average molecular weight is 424 g/mol. The molecule has 0 aliphatic rings. The standard InChI is InChI=1S/C19H41NO7Si/c1-19(2,3)27-18(21)20(4)8-9-22-10-11-23-12-13-24-14-15-25-16-17-26-28(5,6)7/h8-17H2,1-7H3. The Kier molecular flexibility index (Phi) is 14.8. The molecule has 0 saturated heterocycles. The number of nitrogens with zero attached hydrogens (tertiary/aromatic N) is 1. The summed E-state index contributed by atoms with van der Waals surface area (Å²) in [5.41, 5.74) is -0.490. The number of hydrogen-bond donors (Lipinski definition) is 0. The van der Waals surface area contributed by atoms with Gasteiger partial charge in [-0.25, -0.2) is 4.79 Å². The Morgan fingerprint density at radius 1 is 0.750 bits per heavy atom. The van der Waals surface area contributed by atoms with Crippen molar-refractivity contribution in [3.63, 3.8) is 0 Å². The Hall–Kier alpha value is -0.713. The lowest BCUT2D eigenvalue weighted by Crippen LogP contribution is -2.36. The Balaban J connectivity index is 3.31. The molecule has 0 saturated carbocycles. The van der Waals surface area contributed by atoms with Crippen molar-refractivity contribution in [3.8, 4) is 0 Å². The smallest absolute Gasteiger partial charge is 0.410 e. The summed E-state index contributed by atoms with van der Waals surface area (Å²) < 4.78 is 32.7. The van der Waals surface area contributed by atoms with Crippen molar-refractivity contribution in [1.29, 1.82) is 0 Å². The molecule has 0 heterocycles. The Morgan fingerprint density at radius 3 is 1.54 bits per heavy atom. The Labute approximate surface area is 171 Å². The van der Waals surface area contributed by atoms with Crippen molar-refractivity contribution in [2.24, 2.45) is 0 Å². The molecule has 9 heteroatoms. The van der Waals surface area contributed by atoms with Gasteiger partial charge in [-0.2, -0.15) is 0 Å². The van der Waals surface area contributed by atoms with Gasteiger partial charge >= 0.3 is 6.09 Å². The predicted octanol–water partition coefficient (Wildman–Crippen LogP) is 2.77. The topological polar surface area (TPSA) is 75.7 Å². The quantitative estimate of drug-likeness (QED) is 0.279. The van der Waals surface area contributed by atoms with Crippen LogP contribution in [0.2, 0.25) is 19.6 Å². The second-order valence-electron chi connectivity index (χ2n) is 8.31. The summed E-state index contributed by atoms with van der Waals surface area (Å²) in [6.45, 7) is 17.3. The van der Waals surface area contributed by atoms with Gasteiger partial charge in [0.05, 0.1) is 59.5 Å². The number of hydrogen-bond acceptors (Lipinski definition) is 7. The summed E-state index contributed by atoms with van der Waals surface area (Å²) in [6.07, 6.45) is -0.350. The molecule has 0 unspecified atom stereocenters. The maximum Gasteiger partial charge on any atom is 0.410 e. The van der Waals surface area contributed by atoms with Gasteiger partial charge in [-0.1, -0.05) is 0 Å². The Bertz CT molecular complexity index is 397. The van der Waals surface area contributed by atoms with Gasteiger partial charge in [-0.05, 0) is 40.4 Å². The van der Waals surface area contributed by atoms with Crippen molar-refractivity contribution < 1.29 is 32.9 Å². The van der Waals surface area contributed by atoms with E-state index in [2.05, 4.69) is 19.6 Å². The molecule has 0 aromatic carbocycles. The SMILES string of the molecule is CN(CCOCCOCCOCCOCCO[Si](C)(C)C)C(=O)OC(C)(C)C. The molecular formula is C19H41NO7Si. The third-order valence-corrected chi connectivity index (χ3v) is 4.23. The number of ether oxygens (including phenoxy) is 5.